The first-order valence-electron chi connectivity index (χ1n) is 6.29. The van der Waals surface area contributed by atoms with Gasteiger partial charge >= 0.3 is 0 Å². The minimum atomic E-state index is -0.157. The van der Waals surface area contributed by atoms with E-state index in [1.807, 2.05) is 56.3 Å². The van der Waals surface area contributed by atoms with E-state index in [-0.39, 0.29) is 6.04 Å². The lowest BCUT2D eigenvalue weighted by molar-refractivity contribution is 0.397. The van der Waals surface area contributed by atoms with Crippen LogP contribution in [0.4, 0.5) is 0 Å². The van der Waals surface area contributed by atoms with Crippen molar-refractivity contribution in [2.75, 3.05) is 7.11 Å². The molecular weight excluding hydrogens is 238 g/mol. The first-order chi connectivity index (χ1) is 9.13. The lowest BCUT2D eigenvalue weighted by atomic mass is 10.1. The summed E-state index contributed by atoms with van der Waals surface area (Å²) in [6.07, 6.45) is 0. The van der Waals surface area contributed by atoms with Gasteiger partial charge in [-0.1, -0.05) is 24.3 Å². The Kier molecular flexibility index (Phi) is 4.07. The van der Waals surface area contributed by atoms with Crippen LogP contribution in [0.2, 0.25) is 0 Å². The molecule has 0 aliphatic rings. The minimum absolute atomic E-state index is 0.157. The molecule has 2 aromatic rings. The number of nitrogens with two attached hydrogens (primary N) is 1. The average Bonchev–Trinajstić information content (AvgIpc) is 2.40. The van der Waals surface area contributed by atoms with Gasteiger partial charge in [0.15, 0.2) is 0 Å². The number of ether oxygens (including phenoxy) is 2. The first-order valence-corrected chi connectivity index (χ1v) is 6.29. The highest BCUT2D eigenvalue weighted by molar-refractivity contribution is 5.49. The maximum Gasteiger partial charge on any atom is 0.135 e. The van der Waals surface area contributed by atoms with Crippen molar-refractivity contribution >= 4 is 0 Å². The third-order valence-electron chi connectivity index (χ3n) is 3.01. The van der Waals surface area contributed by atoms with E-state index >= 15 is 0 Å². The van der Waals surface area contributed by atoms with Gasteiger partial charge in [0.2, 0.25) is 0 Å². The summed E-state index contributed by atoms with van der Waals surface area (Å²) in [5, 5.41) is 0. The van der Waals surface area contributed by atoms with Crippen LogP contribution in [0.5, 0.6) is 17.2 Å². The molecule has 0 aliphatic heterocycles. The summed E-state index contributed by atoms with van der Waals surface area (Å²) in [5.74, 6) is 2.32. The molecule has 1 unspecified atom stereocenters. The van der Waals surface area contributed by atoms with Crippen molar-refractivity contribution in [1.82, 2.24) is 0 Å². The normalized spacial score (nSPS) is 12.0. The molecule has 0 bridgehead atoms. The molecule has 0 aliphatic carbocycles. The van der Waals surface area contributed by atoms with E-state index in [0.29, 0.717) is 0 Å². The van der Waals surface area contributed by atoms with Gasteiger partial charge in [-0.15, -0.1) is 0 Å². The van der Waals surface area contributed by atoms with E-state index in [9.17, 15) is 0 Å². The summed E-state index contributed by atoms with van der Waals surface area (Å²) >= 11 is 0. The Balaban J connectivity index is 2.43. The summed E-state index contributed by atoms with van der Waals surface area (Å²) in [4.78, 5) is 0. The third kappa shape index (κ3) is 2.88. The van der Waals surface area contributed by atoms with Gasteiger partial charge in [-0.05, 0) is 37.6 Å². The van der Waals surface area contributed by atoms with Gasteiger partial charge in [0.25, 0.3) is 0 Å². The lowest BCUT2D eigenvalue weighted by Gasteiger charge is -2.17. The van der Waals surface area contributed by atoms with Crippen LogP contribution in [-0.2, 0) is 0 Å². The molecule has 0 saturated heterocycles. The van der Waals surface area contributed by atoms with Crippen molar-refractivity contribution in [3.63, 3.8) is 0 Å². The standard InChI is InChI=1S/C16H19NO2/c1-11-7-4-5-8-13(11)19-15-10-6-9-14(18-3)16(15)12(2)17/h4-10,12H,17H2,1-3H3. The Hall–Kier alpha value is -2.00. The number of benzene rings is 2. The average molecular weight is 257 g/mol. The fourth-order valence-electron chi connectivity index (χ4n) is 2.03. The van der Waals surface area contributed by atoms with E-state index in [2.05, 4.69) is 0 Å². The summed E-state index contributed by atoms with van der Waals surface area (Å²) < 4.78 is 11.3. The van der Waals surface area contributed by atoms with E-state index in [1.165, 1.54) is 0 Å². The van der Waals surface area contributed by atoms with Gasteiger partial charge < -0.3 is 15.2 Å². The minimum Gasteiger partial charge on any atom is -0.496 e. The molecular formula is C16H19NO2. The zero-order valence-corrected chi connectivity index (χ0v) is 11.5. The predicted molar refractivity (Wildman–Crippen MR) is 76.8 cm³/mol. The van der Waals surface area contributed by atoms with Crippen LogP contribution < -0.4 is 15.2 Å². The monoisotopic (exact) mass is 257 g/mol. The van der Waals surface area contributed by atoms with Crippen LogP contribution in [0.25, 0.3) is 0 Å². The molecule has 0 aromatic heterocycles. The first kappa shape index (κ1) is 13.4. The molecule has 2 rings (SSSR count). The highest BCUT2D eigenvalue weighted by Crippen LogP contribution is 2.36. The maximum absolute atomic E-state index is 6.02. The van der Waals surface area contributed by atoms with Crippen LogP contribution in [0, 0.1) is 6.92 Å². The molecule has 0 saturated carbocycles. The Morgan fingerprint density at radius 2 is 1.58 bits per heavy atom. The quantitative estimate of drug-likeness (QED) is 0.905. The summed E-state index contributed by atoms with van der Waals surface area (Å²) in [6.45, 7) is 3.93. The number of hydrogen-bond acceptors (Lipinski definition) is 3. The van der Waals surface area contributed by atoms with Gasteiger partial charge in [-0.3, -0.25) is 0 Å². The van der Waals surface area contributed by atoms with Crippen LogP contribution in [0.3, 0.4) is 0 Å². The fraction of sp³-hybridized carbons (Fsp3) is 0.250. The molecule has 0 amide bonds. The lowest BCUT2D eigenvalue weighted by Crippen LogP contribution is -2.08. The van der Waals surface area contributed by atoms with Crippen LogP contribution in [0.1, 0.15) is 24.1 Å². The van der Waals surface area contributed by atoms with Crippen LogP contribution in [0.15, 0.2) is 42.5 Å². The van der Waals surface area contributed by atoms with Crippen molar-refractivity contribution in [2.45, 2.75) is 19.9 Å². The van der Waals surface area contributed by atoms with E-state index < -0.39 is 0 Å². The number of para-hydroxylation sites is 1. The zero-order valence-electron chi connectivity index (χ0n) is 11.5. The highest BCUT2D eigenvalue weighted by atomic mass is 16.5. The molecule has 19 heavy (non-hydrogen) atoms. The molecule has 0 fully saturated rings. The number of rotatable bonds is 4. The molecule has 100 valence electrons. The Bertz CT molecular complexity index is 564. The Labute approximate surface area is 114 Å². The molecule has 2 N–H and O–H groups in total. The molecule has 0 heterocycles. The highest BCUT2D eigenvalue weighted by Gasteiger charge is 2.15. The van der Waals surface area contributed by atoms with Crippen molar-refractivity contribution in [3.05, 3.63) is 53.6 Å². The number of methoxy groups -OCH3 is 1. The topological polar surface area (TPSA) is 44.5 Å². The van der Waals surface area contributed by atoms with Crippen molar-refractivity contribution in [3.8, 4) is 17.2 Å². The second kappa shape index (κ2) is 5.76. The van der Waals surface area contributed by atoms with Crippen LogP contribution >= 0.6 is 0 Å². The largest absolute Gasteiger partial charge is 0.496 e. The number of aryl methyl sites for hydroxylation is 1. The van der Waals surface area contributed by atoms with E-state index in [4.69, 9.17) is 15.2 Å². The van der Waals surface area contributed by atoms with Crippen molar-refractivity contribution < 1.29 is 9.47 Å². The summed E-state index contributed by atoms with van der Waals surface area (Å²) in [5.41, 5.74) is 7.99. The van der Waals surface area contributed by atoms with Crippen molar-refractivity contribution in [1.29, 1.82) is 0 Å². The van der Waals surface area contributed by atoms with Crippen LogP contribution in [-0.4, -0.2) is 7.11 Å². The summed E-state index contributed by atoms with van der Waals surface area (Å²) in [6, 6.07) is 13.4. The van der Waals surface area contributed by atoms with Gasteiger partial charge in [-0.25, -0.2) is 0 Å². The summed E-state index contributed by atoms with van der Waals surface area (Å²) in [7, 11) is 1.64. The molecule has 0 spiro atoms. The molecule has 1 atom stereocenters. The number of hydrogen-bond donors (Lipinski definition) is 1. The second-order valence-corrected chi connectivity index (χ2v) is 4.53. The van der Waals surface area contributed by atoms with E-state index in [1.54, 1.807) is 7.11 Å². The van der Waals surface area contributed by atoms with Gasteiger partial charge in [0.05, 0.1) is 12.7 Å². The Morgan fingerprint density at radius 3 is 2.21 bits per heavy atom. The van der Waals surface area contributed by atoms with E-state index in [0.717, 1.165) is 28.4 Å². The SMILES string of the molecule is COc1cccc(Oc2ccccc2C)c1C(C)N. The fourth-order valence-corrected chi connectivity index (χ4v) is 2.03. The predicted octanol–water partition coefficient (Wildman–Crippen LogP) is 3.82. The van der Waals surface area contributed by atoms with Gasteiger partial charge in [0.1, 0.15) is 17.2 Å². The maximum atomic E-state index is 6.02. The zero-order chi connectivity index (χ0) is 13.8. The molecule has 3 nitrogen and oxygen atoms in total. The molecule has 2 aromatic carbocycles. The second-order valence-electron chi connectivity index (χ2n) is 4.53. The Morgan fingerprint density at radius 1 is 0.947 bits per heavy atom. The third-order valence-corrected chi connectivity index (χ3v) is 3.01. The van der Waals surface area contributed by atoms with Gasteiger partial charge in [0, 0.05) is 6.04 Å². The smallest absolute Gasteiger partial charge is 0.135 e. The van der Waals surface area contributed by atoms with Gasteiger partial charge in [-0.2, -0.15) is 0 Å². The van der Waals surface area contributed by atoms with Crippen molar-refractivity contribution in [2.24, 2.45) is 5.73 Å². The molecule has 3 heteroatoms. The molecule has 0 radical (unpaired) electrons.